The molecular formula is C21H15F5N2O5. The van der Waals surface area contributed by atoms with Crippen LogP contribution in [0, 0.1) is 25.5 Å². The lowest BCUT2D eigenvalue weighted by atomic mass is 10.0. The van der Waals surface area contributed by atoms with Gasteiger partial charge >= 0.3 is 12.1 Å². The van der Waals surface area contributed by atoms with Crippen molar-refractivity contribution in [3.63, 3.8) is 0 Å². The second kappa shape index (κ2) is 8.52. The number of nitrogens with zero attached hydrogens (tertiary/aromatic N) is 1. The Morgan fingerprint density at radius 2 is 1.82 bits per heavy atom. The van der Waals surface area contributed by atoms with Crippen molar-refractivity contribution in [2.24, 2.45) is 0 Å². The number of benzene rings is 1. The minimum absolute atomic E-state index is 0.0472. The van der Waals surface area contributed by atoms with E-state index < -0.39 is 69.0 Å². The largest absolute Gasteiger partial charge is 0.490 e. The van der Waals surface area contributed by atoms with Gasteiger partial charge in [0.25, 0.3) is 0 Å². The SMILES string of the molecule is COc1c(Oc2cnc(C(F)(F)F)cc2-c2[nH]c(C)c(C)c(=O)c2C(=O)O)ccc(F)c1F. The Kier molecular flexibility index (Phi) is 6.12. The Hall–Kier alpha value is -3.96. The minimum Gasteiger partial charge on any atom is -0.490 e. The van der Waals surface area contributed by atoms with Gasteiger partial charge in [-0.25, -0.2) is 14.2 Å². The summed E-state index contributed by atoms with van der Waals surface area (Å²) in [5, 5.41) is 9.57. The number of carboxylic acid groups (broad SMARTS) is 1. The molecule has 33 heavy (non-hydrogen) atoms. The van der Waals surface area contributed by atoms with Crippen LogP contribution in [0.4, 0.5) is 22.0 Å². The summed E-state index contributed by atoms with van der Waals surface area (Å²) in [6.45, 7) is 2.78. The van der Waals surface area contributed by atoms with Crippen molar-refractivity contribution in [2.45, 2.75) is 20.0 Å². The Morgan fingerprint density at radius 3 is 2.39 bits per heavy atom. The topological polar surface area (TPSA) is 102 Å². The Labute approximate surface area is 182 Å². The van der Waals surface area contributed by atoms with Gasteiger partial charge in [-0.1, -0.05) is 0 Å². The smallest absolute Gasteiger partial charge is 0.433 e. The molecule has 12 heteroatoms. The molecule has 0 amide bonds. The highest BCUT2D eigenvalue weighted by atomic mass is 19.4. The number of rotatable bonds is 5. The molecule has 0 aliphatic rings. The Morgan fingerprint density at radius 1 is 1.15 bits per heavy atom. The van der Waals surface area contributed by atoms with Crippen LogP contribution in [0.1, 0.15) is 27.3 Å². The van der Waals surface area contributed by atoms with Crippen LogP contribution in [0.5, 0.6) is 17.2 Å². The van der Waals surface area contributed by atoms with E-state index in [1.807, 2.05) is 0 Å². The summed E-state index contributed by atoms with van der Waals surface area (Å²) in [6, 6.07) is 2.14. The highest BCUT2D eigenvalue weighted by Gasteiger charge is 2.34. The van der Waals surface area contributed by atoms with Gasteiger partial charge < -0.3 is 19.6 Å². The molecule has 3 aromatic rings. The molecule has 2 N–H and O–H groups in total. The molecule has 2 aromatic heterocycles. The fourth-order valence-electron chi connectivity index (χ4n) is 3.00. The number of H-pyrrole nitrogens is 1. The summed E-state index contributed by atoms with van der Waals surface area (Å²) < 4.78 is 77.8. The van der Waals surface area contributed by atoms with Crippen LogP contribution in [0.25, 0.3) is 11.3 Å². The Bertz CT molecular complexity index is 1320. The lowest BCUT2D eigenvalue weighted by Gasteiger charge is -2.17. The number of hydrogen-bond donors (Lipinski definition) is 2. The van der Waals surface area contributed by atoms with Gasteiger partial charge in [0.05, 0.1) is 19.0 Å². The number of aryl methyl sites for hydroxylation is 1. The fraction of sp³-hybridized carbons (Fsp3) is 0.190. The van der Waals surface area contributed by atoms with E-state index in [0.29, 0.717) is 18.3 Å². The summed E-state index contributed by atoms with van der Waals surface area (Å²) in [7, 11) is 1.01. The van der Waals surface area contributed by atoms with Gasteiger partial charge in [0.1, 0.15) is 11.3 Å². The fourth-order valence-corrected chi connectivity index (χ4v) is 3.00. The van der Waals surface area contributed by atoms with E-state index in [4.69, 9.17) is 9.47 Å². The van der Waals surface area contributed by atoms with Gasteiger partial charge in [0, 0.05) is 16.8 Å². The number of halogens is 5. The molecule has 0 aliphatic carbocycles. The van der Waals surface area contributed by atoms with Gasteiger partial charge in [0.2, 0.25) is 11.6 Å². The molecule has 0 radical (unpaired) electrons. The third-order valence-electron chi connectivity index (χ3n) is 4.77. The quantitative estimate of drug-likeness (QED) is 0.517. The van der Waals surface area contributed by atoms with Crippen molar-refractivity contribution >= 4 is 5.97 Å². The third-order valence-corrected chi connectivity index (χ3v) is 4.77. The predicted molar refractivity (Wildman–Crippen MR) is 105 cm³/mol. The number of alkyl halides is 3. The summed E-state index contributed by atoms with van der Waals surface area (Å²) in [4.78, 5) is 30.3. The number of carbonyl (C=O) groups is 1. The zero-order valence-corrected chi connectivity index (χ0v) is 17.2. The highest BCUT2D eigenvalue weighted by Crippen LogP contribution is 2.41. The number of aromatic carboxylic acids is 1. The summed E-state index contributed by atoms with van der Waals surface area (Å²) in [5.74, 6) is -5.97. The molecule has 0 saturated heterocycles. The molecule has 0 unspecified atom stereocenters. The number of nitrogens with one attached hydrogen (secondary N) is 1. The van der Waals surface area contributed by atoms with Crippen molar-refractivity contribution < 1.29 is 41.3 Å². The van der Waals surface area contributed by atoms with E-state index in [0.717, 1.165) is 13.2 Å². The van der Waals surface area contributed by atoms with Gasteiger partial charge in [-0.3, -0.25) is 4.79 Å². The van der Waals surface area contributed by atoms with E-state index in [1.54, 1.807) is 0 Å². The van der Waals surface area contributed by atoms with Crippen LogP contribution < -0.4 is 14.9 Å². The van der Waals surface area contributed by atoms with Gasteiger partial charge in [-0.05, 0) is 32.0 Å². The maximum Gasteiger partial charge on any atom is 0.433 e. The molecule has 2 heterocycles. The molecule has 1 aromatic carbocycles. The van der Waals surface area contributed by atoms with Gasteiger partial charge in [-0.15, -0.1) is 0 Å². The first-order valence-electron chi connectivity index (χ1n) is 9.11. The number of pyridine rings is 2. The van der Waals surface area contributed by atoms with Crippen molar-refractivity contribution in [1.82, 2.24) is 9.97 Å². The van der Waals surface area contributed by atoms with Crippen LogP contribution in [-0.4, -0.2) is 28.2 Å². The molecule has 0 saturated carbocycles. The van der Waals surface area contributed by atoms with E-state index >= 15 is 0 Å². The first kappa shape index (κ1) is 23.7. The van der Waals surface area contributed by atoms with E-state index in [9.17, 15) is 36.6 Å². The maximum atomic E-state index is 14.1. The predicted octanol–water partition coefficient (Wildman–Crippen LogP) is 4.85. The molecule has 0 fully saturated rings. The average Bonchev–Trinajstić information content (AvgIpc) is 2.73. The molecule has 0 atom stereocenters. The minimum atomic E-state index is -4.92. The monoisotopic (exact) mass is 470 g/mol. The third kappa shape index (κ3) is 4.36. The van der Waals surface area contributed by atoms with Gasteiger partial charge in [-0.2, -0.15) is 17.6 Å². The zero-order chi connectivity index (χ0) is 24.7. The number of aromatic amines is 1. The van der Waals surface area contributed by atoms with Gasteiger partial charge in [0.15, 0.2) is 22.7 Å². The second-order valence-electron chi connectivity index (χ2n) is 6.82. The molecule has 0 bridgehead atoms. The lowest BCUT2D eigenvalue weighted by molar-refractivity contribution is -0.141. The van der Waals surface area contributed by atoms with Crippen LogP contribution in [0.15, 0.2) is 29.2 Å². The zero-order valence-electron chi connectivity index (χ0n) is 17.2. The number of methoxy groups -OCH3 is 1. The molecular weight excluding hydrogens is 455 g/mol. The van der Waals surface area contributed by atoms with E-state index in [-0.39, 0.29) is 11.3 Å². The van der Waals surface area contributed by atoms with Crippen molar-refractivity contribution in [3.8, 4) is 28.5 Å². The second-order valence-corrected chi connectivity index (χ2v) is 6.82. The number of aromatic nitrogens is 2. The van der Waals surface area contributed by atoms with Crippen LogP contribution in [0.2, 0.25) is 0 Å². The Balaban J connectivity index is 2.34. The maximum absolute atomic E-state index is 14.1. The average molecular weight is 470 g/mol. The first-order valence-corrected chi connectivity index (χ1v) is 9.11. The number of hydrogen-bond acceptors (Lipinski definition) is 5. The van der Waals surface area contributed by atoms with Crippen molar-refractivity contribution in [3.05, 3.63) is 68.8 Å². The first-order chi connectivity index (χ1) is 15.4. The summed E-state index contributed by atoms with van der Waals surface area (Å²) in [6.07, 6.45) is -4.30. The van der Waals surface area contributed by atoms with Crippen molar-refractivity contribution in [2.75, 3.05) is 7.11 Å². The lowest BCUT2D eigenvalue weighted by Crippen LogP contribution is -2.21. The molecule has 3 rings (SSSR count). The van der Waals surface area contributed by atoms with Crippen LogP contribution in [0.3, 0.4) is 0 Å². The van der Waals surface area contributed by atoms with Crippen LogP contribution >= 0.6 is 0 Å². The van der Waals surface area contributed by atoms with E-state index in [2.05, 4.69) is 9.97 Å². The number of ether oxygens (including phenoxy) is 2. The van der Waals surface area contributed by atoms with E-state index in [1.165, 1.54) is 13.8 Å². The number of carboxylic acids is 1. The normalized spacial score (nSPS) is 11.4. The molecule has 174 valence electrons. The van der Waals surface area contributed by atoms with Crippen molar-refractivity contribution in [1.29, 1.82) is 0 Å². The molecule has 0 spiro atoms. The summed E-state index contributed by atoms with van der Waals surface area (Å²) in [5.41, 5.74) is -3.90. The van der Waals surface area contributed by atoms with Crippen LogP contribution in [-0.2, 0) is 6.18 Å². The highest BCUT2D eigenvalue weighted by molar-refractivity contribution is 5.96. The molecule has 0 aliphatic heterocycles. The molecule has 7 nitrogen and oxygen atoms in total. The standard InChI is InChI=1S/C21H15F5N2O5/c1-8-9(2)28-17(15(18(8)29)20(30)31)10-6-14(21(24,25)26)27-7-13(10)33-12-5-4-11(22)16(23)19(12)32-3/h4-7H,1-3H3,(H,28,29)(H,30,31). The summed E-state index contributed by atoms with van der Waals surface area (Å²) >= 11 is 0.